The van der Waals surface area contributed by atoms with Gasteiger partial charge in [-0.3, -0.25) is 0 Å². The van der Waals surface area contributed by atoms with Gasteiger partial charge in [-0.15, -0.1) is 22.7 Å². The minimum atomic E-state index is 1.32. The monoisotopic (exact) mass is 270 g/mol. The van der Waals surface area contributed by atoms with Crippen molar-refractivity contribution in [1.82, 2.24) is 0 Å². The van der Waals surface area contributed by atoms with Crippen molar-refractivity contribution in [2.24, 2.45) is 0 Å². The highest BCUT2D eigenvalue weighted by atomic mass is 32.1. The lowest BCUT2D eigenvalue weighted by Gasteiger charge is -2.03. The lowest BCUT2D eigenvalue weighted by Crippen LogP contribution is -1.78. The molecule has 0 bridgehead atoms. The highest BCUT2D eigenvalue weighted by Crippen LogP contribution is 2.33. The van der Waals surface area contributed by atoms with Gasteiger partial charge in [0.1, 0.15) is 0 Å². The Balaban J connectivity index is 2.00. The molecule has 0 aliphatic carbocycles. The van der Waals surface area contributed by atoms with Crippen molar-refractivity contribution < 1.29 is 0 Å². The van der Waals surface area contributed by atoms with Crippen LogP contribution in [0.5, 0.6) is 0 Å². The van der Waals surface area contributed by atoms with Crippen LogP contribution in [-0.2, 0) is 0 Å². The molecule has 0 radical (unpaired) electrons. The third-order valence-electron chi connectivity index (χ3n) is 3.13. The predicted molar refractivity (Wildman–Crippen MR) is 82.5 cm³/mol. The van der Waals surface area contributed by atoms with Gasteiger partial charge >= 0.3 is 0 Å². The minimum absolute atomic E-state index is 1.32. The third-order valence-corrected chi connectivity index (χ3v) is 5.26. The second-order valence-electron chi connectivity index (χ2n) is 4.44. The Morgan fingerprint density at radius 3 is 1.28 bits per heavy atom. The van der Waals surface area contributed by atoms with Crippen LogP contribution in [-0.4, -0.2) is 0 Å². The van der Waals surface area contributed by atoms with Gasteiger partial charge < -0.3 is 0 Å². The first kappa shape index (κ1) is 11.7. The van der Waals surface area contributed by atoms with Gasteiger partial charge in [0.15, 0.2) is 0 Å². The maximum Gasteiger partial charge on any atom is 0.0371 e. The van der Waals surface area contributed by atoms with Gasteiger partial charge in [0, 0.05) is 9.75 Å². The second-order valence-corrected chi connectivity index (χ2v) is 6.28. The van der Waals surface area contributed by atoms with Crippen LogP contribution in [0.1, 0.15) is 11.1 Å². The Morgan fingerprint density at radius 2 is 1.00 bits per heavy atom. The van der Waals surface area contributed by atoms with E-state index in [1.807, 2.05) is 22.7 Å². The molecule has 0 saturated heterocycles. The quantitative estimate of drug-likeness (QED) is 0.555. The minimum Gasteiger partial charge on any atom is -0.144 e. The number of benzene rings is 1. The van der Waals surface area contributed by atoms with Crippen LogP contribution < -0.4 is 0 Å². The highest BCUT2D eigenvalue weighted by Gasteiger charge is 2.06. The Bertz CT molecular complexity index is 597. The van der Waals surface area contributed by atoms with Gasteiger partial charge in [0.05, 0.1) is 0 Å². The first-order valence-corrected chi connectivity index (χ1v) is 7.70. The van der Waals surface area contributed by atoms with E-state index in [1.54, 1.807) is 0 Å². The van der Waals surface area contributed by atoms with Gasteiger partial charge in [-0.25, -0.2) is 0 Å². The number of aryl methyl sites for hydroxylation is 2. The van der Waals surface area contributed by atoms with Crippen molar-refractivity contribution in [2.75, 3.05) is 0 Å². The van der Waals surface area contributed by atoms with Gasteiger partial charge in [-0.05, 0) is 59.0 Å². The molecule has 0 atom stereocenters. The zero-order valence-electron chi connectivity index (χ0n) is 10.4. The van der Waals surface area contributed by atoms with Crippen molar-refractivity contribution in [1.29, 1.82) is 0 Å². The van der Waals surface area contributed by atoms with E-state index in [0.29, 0.717) is 0 Å². The maximum atomic E-state index is 2.23. The average molecular weight is 270 g/mol. The van der Waals surface area contributed by atoms with Crippen LogP contribution in [0.15, 0.2) is 47.2 Å². The van der Waals surface area contributed by atoms with Crippen molar-refractivity contribution >= 4 is 22.7 Å². The molecule has 0 saturated carbocycles. The topological polar surface area (TPSA) is 0 Å². The van der Waals surface area contributed by atoms with Crippen molar-refractivity contribution in [3.8, 4) is 20.9 Å². The smallest absolute Gasteiger partial charge is 0.0371 e. The molecule has 90 valence electrons. The van der Waals surface area contributed by atoms with E-state index in [1.165, 1.54) is 32.0 Å². The van der Waals surface area contributed by atoms with E-state index in [4.69, 9.17) is 0 Å². The number of rotatable bonds is 2. The van der Waals surface area contributed by atoms with E-state index in [0.717, 1.165) is 0 Å². The first-order chi connectivity index (χ1) is 8.75. The highest BCUT2D eigenvalue weighted by molar-refractivity contribution is 7.14. The third kappa shape index (κ3) is 2.02. The summed E-state index contributed by atoms with van der Waals surface area (Å²) >= 11 is 3.62. The second kappa shape index (κ2) is 4.71. The Kier molecular flexibility index (Phi) is 3.06. The summed E-state index contributed by atoms with van der Waals surface area (Å²) in [6, 6.07) is 13.3. The molecule has 0 aliphatic heterocycles. The molecular weight excluding hydrogens is 256 g/mol. The maximum absolute atomic E-state index is 2.23. The molecule has 3 aromatic rings. The summed E-state index contributed by atoms with van der Waals surface area (Å²) in [4.78, 5) is 2.76. The van der Waals surface area contributed by atoms with E-state index in [9.17, 15) is 0 Å². The fourth-order valence-corrected chi connectivity index (χ4v) is 3.98. The number of thiophene rings is 2. The zero-order chi connectivity index (χ0) is 12.5. The van der Waals surface area contributed by atoms with Crippen LogP contribution in [0.4, 0.5) is 0 Å². The van der Waals surface area contributed by atoms with Crippen molar-refractivity contribution in [3.63, 3.8) is 0 Å². The summed E-state index contributed by atoms with van der Waals surface area (Å²) in [6.07, 6.45) is 0. The largest absolute Gasteiger partial charge is 0.144 e. The van der Waals surface area contributed by atoms with Crippen LogP contribution >= 0.6 is 22.7 Å². The fraction of sp³-hybridized carbons (Fsp3) is 0.125. The van der Waals surface area contributed by atoms with Gasteiger partial charge in [-0.1, -0.05) is 24.3 Å². The molecule has 0 nitrogen and oxygen atoms in total. The molecule has 2 heterocycles. The molecule has 0 amide bonds. The molecule has 2 aromatic heterocycles. The lowest BCUT2D eigenvalue weighted by molar-refractivity contribution is 1.52. The summed E-state index contributed by atoms with van der Waals surface area (Å²) in [5, 5.41) is 4.31. The van der Waals surface area contributed by atoms with E-state index in [2.05, 4.69) is 61.0 Å². The van der Waals surface area contributed by atoms with E-state index in [-0.39, 0.29) is 0 Å². The van der Waals surface area contributed by atoms with Crippen LogP contribution in [0, 0.1) is 13.8 Å². The Labute approximate surface area is 116 Å². The van der Waals surface area contributed by atoms with E-state index >= 15 is 0 Å². The van der Waals surface area contributed by atoms with Gasteiger partial charge in [0.25, 0.3) is 0 Å². The predicted octanol–water partition coefficient (Wildman–Crippen LogP) is 5.76. The molecule has 0 unspecified atom stereocenters. The normalized spacial score (nSPS) is 10.8. The molecule has 2 heteroatoms. The molecule has 18 heavy (non-hydrogen) atoms. The van der Waals surface area contributed by atoms with Crippen molar-refractivity contribution in [3.05, 3.63) is 58.3 Å². The van der Waals surface area contributed by atoms with E-state index < -0.39 is 0 Å². The summed E-state index contributed by atoms with van der Waals surface area (Å²) < 4.78 is 0. The fourth-order valence-electron chi connectivity index (χ4n) is 2.11. The molecular formula is C16H14S2. The SMILES string of the molecule is Cc1ccsc1-c1ccc(-c2sccc2C)cc1. The molecule has 0 aliphatic rings. The number of hydrogen-bond donors (Lipinski definition) is 0. The van der Waals surface area contributed by atoms with Gasteiger partial charge in [0.2, 0.25) is 0 Å². The summed E-state index contributed by atoms with van der Waals surface area (Å²) in [5.74, 6) is 0. The standard InChI is InChI=1S/C16H14S2/c1-11-7-9-17-15(11)13-3-5-14(6-4-13)16-12(2)8-10-18-16/h3-10H,1-2H3. The summed E-state index contributed by atoms with van der Waals surface area (Å²) in [5.41, 5.74) is 5.36. The lowest BCUT2D eigenvalue weighted by atomic mass is 10.1. The number of hydrogen-bond acceptors (Lipinski definition) is 2. The summed E-state index contributed by atoms with van der Waals surface area (Å²) in [6.45, 7) is 4.34. The molecule has 0 spiro atoms. The average Bonchev–Trinajstić information content (AvgIpc) is 2.98. The zero-order valence-corrected chi connectivity index (χ0v) is 12.1. The van der Waals surface area contributed by atoms with Gasteiger partial charge in [-0.2, -0.15) is 0 Å². The van der Waals surface area contributed by atoms with Crippen LogP contribution in [0.3, 0.4) is 0 Å². The molecule has 0 N–H and O–H groups in total. The Morgan fingerprint density at radius 1 is 0.611 bits per heavy atom. The molecule has 3 rings (SSSR count). The first-order valence-electron chi connectivity index (χ1n) is 5.95. The van der Waals surface area contributed by atoms with Crippen LogP contribution in [0.2, 0.25) is 0 Å². The Hall–Kier alpha value is -1.38. The van der Waals surface area contributed by atoms with Crippen LogP contribution in [0.25, 0.3) is 20.9 Å². The van der Waals surface area contributed by atoms with Crippen molar-refractivity contribution in [2.45, 2.75) is 13.8 Å². The molecule has 0 fully saturated rings. The summed E-state index contributed by atoms with van der Waals surface area (Å²) in [7, 11) is 0. The molecule has 1 aromatic carbocycles.